The molecule has 0 atom stereocenters. The van der Waals surface area contributed by atoms with E-state index in [0.717, 1.165) is 6.42 Å². The van der Waals surface area contributed by atoms with Gasteiger partial charge in [-0.05, 0) is 107 Å². The van der Waals surface area contributed by atoms with Gasteiger partial charge in [-0.2, -0.15) is 0 Å². The van der Waals surface area contributed by atoms with E-state index in [1.165, 1.54) is 19.7 Å². The van der Waals surface area contributed by atoms with Crippen LogP contribution in [0.15, 0.2) is 0 Å². The van der Waals surface area contributed by atoms with Gasteiger partial charge < -0.3 is 4.18 Å². The van der Waals surface area contributed by atoms with E-state index in [1.54, 1.807) is 138 Å². The molecule has 0 amide bonds. The third-order valence-electron chi connectivity index (χ3n) is 2.13. The molecule has 0 aromatic carbocycles. The molecule has 0 radical (unpaired) electrons. The molecule has 0 spiro atoms. The quantitative estimate of drug-likeness (QED) is 0.0352. The van der Waals surface area contributed by atoms with Crippen LogP contribution in [0.1, 0.15) is 13.3 Å². The molecule has 0 fully saturated rings. The van der Waals surface area contributed by atoms with Crippen LogP contribution in [-0.4, -0.2) is 6.61 Å². The van der Waals surface area contributed by atoms with Crippen LogP contribution in [-0.2, 0) is 33.0 Å². The highest BCUT2D eigenvalue weighted by Gasteiger charge is 2.07. The molecular formula is C3H8OS63. The van der Waals surface area contributed by atoms with Gasteiger partial charge in [0.05, 0.1) is 13.1 Å². The summed E-state index contributed by atoms with van der Waals surface area (Å²) in [6.45, 7) is 0.888. The predicted molar refractivity (Wildman–Crippen MR) is 495 cm³/mol. The Morgan fingerprint density at radius 1 is 0.254 bits per heavy atom. The number of hydrogen-bond acceptors (Lipinski definition) is 63. The maximum atomic E-state index is 5.56. The summed E-state index contributed by atoms with van der Waals surface area (Å²) in [4.78, 5) is 0. The maximum Gasteiger partial charge on any atom is 0.0820 e. The van der Waals surface area contributed by atoms with Gasteiger partial charge in [-0.15, -0.1) is 0 Å². The number of thiol groups is 1. The number of rotatable bonds is 62. The molecule has 0 saturated heterocycles. The van der Waals surface area contributed by atoms with Crippen molar-refractivity contribution < 1.29 is 4.18 Å². The largest absolute Gasteiger partial charge is 0.301 e. The van der Waals surface area contributed by atoms with Crippen molar-refractivity contribution in [3.63, 3.8) is 0 Å². The van der Waals surface area contributed by atoms with E-state index in [-0.39, 0.29) is 0 Å². The van der Waals surface area contributed by atoms with E-state index < -0.39 is 6.46 Å². The molecule has 67 heavy (non-hydrogen) atoms. The second-order valence-corrected chi connectivity index (χ2v) is 117. The van der Waals surface area contributed by atoms with Gasteiger partial charge in [-0.25, -0.2) is 0 Å². The molecule has 0 aliphatic rings. The highest BCUT2D eigenvalue weighted by atomic mass is 34.1. The van der Waals surface area contributed by atoms with Gasteiger partial charge in [0.1, 0.15) is 0 Å². The zero-order chi connectivity index (χ0) is 48.3. The van der Waals surface area contributed by atoms with Crippen LogP contribution in [0.4, 0.5) is 0 Å². The minimum Gasteiger partial charge on any atom is -0.301 e. The zero-order valence-corrected chi connectivity index (χ0v) is 80.1. The minimum atomic E-state index is -1.83. The van der Waals surface area contributed by atoms with Gasteiger partial charge >= 0.3 is 0 Å². The molecule has 0 aromatic rings. The highest BCUT2D eigenvalue weighted by molar-refractivity contribution is 9.64. The van der Waals surface area contributed by atoms with E-state index in [2.05, 4.69) is 18.6 Å². The smallest absolute Gasteiger partial charge is 0.0820 e. The van der Waals surface area contributed by atoms with E-state index in [1.807, 2.05) is 423 Å². The lowest BCUT2D eigenvalue weighted by Gasteiger charge is -2.07. The van der Waals surface area contributed by atoms with Crippen molar-refractivity contribution >= 4 is 620 Å². The Kier molecular flexibility index (Phi) is 109. The first-order valence-electron chi connectivity index (χ1n) is 12.0. The normalized spacial score (nSPS) is 12.0. The van der Waals surface area contributed by atoms with Gasteiger partial charge in [0.15, 0.2) is 0 Å². The van der Waals surface area contributed by atoms with E-state index in [4.69, 9.17) is 26.6 Å². The topological polar surface area (TPSA) is 9.23 Å². The zero-order valence-electron chi connectivity index (χ0n) is 28.6. The average Bonchev–Trinajstić information content (AvgIpc) is 3.33. The van der Waals surface area contributed by atoms with Gasteiger partial charge in [-0.1, -0.05) is 18.6 Å². The van der Waals surface area contributed by atoms with E-state index >= 15 is 0 Å². The second kappa shape index (κ2) is 82.0. The Morgan fingerprint density at radius 2 is 0.388 bits per heavy atom. The number of hydrogen-bond donors (Lipinski definition) is 1. The summed E-state index contributed by atoms with van der Waals surface area (Å²) in [7, 11) is 106. The fraction of sp³-hybridized carbons (Fsp3) is 1.00. The van der Waals surface area contributed by atoms with Crippen molar-refractivity contribution in [2.75, 3.05) is 6.61 Å². The maximum absolute atomic E-state index is 5.56. The summed E-state index contributed by atoms with van der Waals surface area (Å²) in [5.74, 6) is 0. The average molecular weight is 2080 g/mol. The predicted octanol–water partition coefficient (Wildman–Crippen LogP) is 39.5. The third kappa shape index (κ3) is 83.8. The second-order valence-electron chi connectivity index (χ2n) is 5.25. The summed E-state index contributed by atoms with van der Waals surface area (Å²) in [6, 6.07) is 0. The van der Waals surface area contributed by atoms with Gasteiger partial charge in [0, 0.05) is 501 Å². The Morgan fingerprint density at radius 3 is 0.522 bits per heavy atom. The molecule has 0 aliphatic heterocycles. The standard InChI is InChI=1S/C3H8OS63/c1-2-3-4-67(6,7)66-65-64-63-62-61-60-59-58-57-56-55-54-53-52-51-50-49-48-47-46-45-44-43-42-41-40-39-38-37-36-35-34-33-32-31-30-29-28-27-26-25-24-23-22-21-20-19-18-17-16-15-14-13-12-11-10-9-8-5/h5H,2-3H2,1H3. The Balaban J connectivity index is 3.10. The van der Waals surface area contributed by atoms with Crippen LogP contribution in [0.5, 0.6) is 0 Å². The Labute approximate surface area is 626 Å². The fourth-order valence-corrected chi connectivity index (χ4v) is 165. The summed E-state index contributed by atoms with van der Waals surface area (Å²) < 4.78 is 5.56. The highest BCUT2D eigenvalue weighted by Crippen LogP contribution is 2.70. The lowest BCUT2D eigenvalue weighted by molar-refractivity contribution is 0.374. The lowest BCUT2D eigenvalue weighted by atomic mass is 10.5. The molecule has 0 N–H and O–H groups in total. The summed E-state index contributed by atoms with van der Waals surface area (Å²) in [5, 5.41) is 0. The minimum absolute atomic E-state index is 0.649. The molecule has 0 heterocycles. The van der Waals surface area contributed by atoms with Crippen LogP contribution in [0.3, 0.4) is 0 Å². The third-order valence-corrected chi connectivity index (χ3v) is 138. The Hall–Kier alpha value is 21.8. The fourth-order valence-electron chi connectivity index (χ4n) is 0.887. The van der Waals surface area contributed by atoms with Crippen molar-refractivity contribution in [3.05, 3.63) is 0 Å². The molecule has 0 bridgehead atoms. The summed E-state index contributed by atoms with van der Waals surface area (Å²) in [5.41, 5.74) is 0. The molecule has 0 unspecified atom stereocenters. The Bertz CT molecular complexity index is 964. The van der Waals surface area contributed by atoms with Crippen LogP contribution in [0, 0.1) is 0 Å². The first-order chi connectivity index (χ1) is 33.1. The summed E-state index contributed by atoms with van der Waals surface area (Å²) in [6.07, 6.45) is 0.947. The first kappa shape index (κ1) is 88.8. The van der Waals surface area contributed by atoms with Gasteiger partial charge in [-0.3, -0.25) is 0 Å². The van der Waals surface area contributed by atoms with E-state index in [0.29, 0.717) is 6.61 Å². The van der Waals surface area contributed by atoms with Crippen LogP contribution < -0.4 is 0 Å². The first-order valence-corrected chi connectivity index (χ1v) is 95.1. The molecule has 0 aromatic heterocycles. The van der Waals surface area contributed by atoms with Crippen molar-refractivity contribution in [2.45, 2.75) is 13.3 Å². The molecular weight excluding hydrogens is 2070 g/mol. The van der Waals surface area contributed by atoms with E-state index in [9.17, 15) is 0 Å². The van der Waals surface area contributed by atoms with Crippen LogP contribution in [0.2, 0.25) is 0 Å². The van der Waals surface area contributed by atoms with Crippen molar-refractivity contribution in [3.8, 4) is 0 Å². The van der Waals surface area contributed by atoms with Crippen molar-refractivity contribution in [1.82, 2.24) is 0 Å². The summed E-state index contributed by atoms with van der Waals surface area (Å²) >= 11 is 14.8. The molecule has 0 aliphatic carbocycles. The van der Waals surface area contributed by atoms with Crippen LogP contribution in [0.25, 0.3) is 0 Å². The monoisotopic (exact) mass is 2070 g/mol. The SMILES string of the molecule is CCCOS(=S)(=S)SSSSSSSSSSSSSSSSSSSSSSSSSSSSSSSSSSSSSSSSSSSSSSSSSSSSSSSSSSSS. The van der Waals surface area contributed by atoms with Crippen molar-refractivity contribution in [1.29, 1.82) is 0 Å². The molecule has 0 rings (SSSR count). The molecule has 64 heteroatoms. The van der Waals surface area contributed by atoms with Gasteiger partial charge in [0.2, 0.25) is 0 Å². The molecule has 1 nitrogen and oxygen atoms in total. The van der Waals surface area contributed by atoms with Crippen molar-refractivity contribution in [2.24, 2.45) is 0 Å². The van der Waals surface area contributed by atoms with Gasteiger partial charge in [0.25, 0.3) is 0 Å². The molecule has 404 valence electrons. The lowest BCUT2D eigenvalue weighted by Crippen LogP contribution is -1.96. The van der Waals surface area contributed by atoms with Crippen LogP contribution >= 0.6 is 591 Å². The molecule has 0 saturated carbocycles.